The second-order valence-electron chi connectivity index (χ2n) is 4.96. The highest BCUT2D eigenvalue weighted by molar-refractivity contribution is 5.76. The van der Waals surface area contributed by atoms with Gasteiger partial charge in [0.2, 0.25) is 5.89 Å². The van der Waals surface area contributed by atoms with E-state index in [-0.39, 0.29) is 0 Å². The first-order valence-corrected chi connectivity index (χ1v) is 6.08. The topological polar surface area (TPSA) is 55.3 Å². The predicted molar refractivity (Wildman–Crippen MR) is 67.5 cm³/mol. The van der Waals surface area contributed by atoms with Crippen molar-refractivity contribution < 1.29 is 4.42 Å². The third-order valence-corrected chi connectivity index (χ3v) is 3.32. The Kier molecular flexibility index (Phi) is 2.52. The quantitative estimate of drug-likeness (QED) is 0.805. The molecule has 0 amide bonds. The number of benzene rings is 1. The molecule has 1 aromatic carbocycles. The van der Waals surface area contributed by atoms with Crippen LogP contribution < -0.4 is 5.73 Å². The van der Waals surface area contributed by atoms with Crippen molar-refractivity contribution in [3.05, 3.63) is 24.1 Å². The monoisotopic (exact) mass is 231 g/mol. The third kappa shape index (κ3) is 2.13. The van der Waals surface area contributed by atoms with E-state index < -0.39 is 0 Å². The Hall–Kier alpha value is -1.55. The van der Waals surface area contributed by atoms with E-state index in [0.29, 0.717) is 0 Å². The van der Waals surface area contributed by atoms with Gasteiger partial charge in [-0.05, 0) is 37.1 Å². The first-order valence-electron chi connectivity index (χ1n) is 6.08. The van der Waals surface area contributed by atoms with E-state index in [1.165, 1.54) is 6.42 Å². The fourth-order valence-electron chi connectivity index (χ4n) is 2.42. The van der Waals surface area contributed by atoms with Crippen LogP contribution in [-0.2, 0) is 6.54 Å². The Morgan fingerprint density at radius 1 is 1.53 bits per heavy atom. The number of oxazole rings is 1. The van der Waals surface area contributed by atoms with Crippen molar-refractivity contribution in [3.63, 3.8) is 0 Å². The molecule has 0 bridgehead atoms. The molecule has 4 nitrogen and oxygen atoms in total. The molecule has 4 heteroatoms. The zero-order valence-corrected chi connectivity index (χ0v) is 10.0. The van der Waals surface area contributed by atoms with Crippen LogP contribution in [-0.4, -0.2) is 23.0 Å². The number of likely N-dealkylation sites (tertiary alicyclic amines) is 1. The third-order valence-electron chi connectivity index (χ3n) is 3.32. The van der Waals surface area contributed by atoms with Crippen LogP contribution in [0.4, 0.5) is 5.69 Å². The van der Waals surface area contributed by atoms with Gasteiger partial charge in [0.25, 0.3) is 0 Å². The number of nitrogen functional groups attached to an aromatic ring is 1. The van der Waals surface area contributed by atoms with E-state index in [1.807, 2.05) is 18.2 Å². The number of nitrogens with two attached hydrogens (primary N) is 1. The number of hydrogen-bond donors (Lipinski definition) is 1. The molecule has 1 atom stereocenters. The molecule has 0 aliphatic carbocycles. The lowest BCUT2D eigenvalue weighted by atomic mass is 10.2. The Morgan fingerprint density at radius 3 is 3.18 bits per heavy atom. The normalized spacial score (nSPS) is 21.4. The molecule has 1 aliphatic heterocycles. The van der Waals surface area contributed by atoms with Crippen molar-refractivity contribution in [2.24, 2.45) is 5.92 Å². The maximum absolute atomic E-state index is 5.72. The Balaban J connectivity index is 1.81. The lowest BCUT2D eigenvalue weighted by Crippen LogP contribution is -2.19. The van der Waals surface area contributed by atoms with Gasteiger partial charge in [-0.25, -0.2) is 4.98 Å². The number of aromatic nitrogens is 1. The van der Waals surface area contributed by atoms with Gasteiger partial charge in [-0.1, -0.05) is 6.92 Å². The maximum atomic E-state index is 5.72. The smallest absolute Gasteiger partial charge is 0.209 e. The lowest BCUT2D eigenvalue weighted by molar-refractivity contribution is 0.287. The van der Waals surface area contributed by atoms with Gasteiger partial charge in [0, 0.05) is 12.2 Å². The van der Waals surface area contributed by atoms with E-state index in [0.717, 1.165) is 48.2 Å². The first kappa shape index (κ1) is 10.6. The fourth-order valence-corrected chi connectivity index (χ4v) is 2.42. The van der Waals surface area contributed by atoms with Crippen LogP contribution in [0.2, 0.25) is 0 Å². The zero-order valence-electron chi connectivity index (χ0n) is 10.0. The summed E-state index contributed by atoms with van der Waals surface area (Å²) in [5.74, 6) is 1.58. The molecule has 1 aliphatic rings. The summed E-state index contributed by atoms with van der Waals surface area (Å²) in [7, 11) is 0. The van der Waals surface area contributed by atoms with Crippen molar-refractivity contribution in [2.45, 2.75) is 19.9 Å². The zero-order chi connectivity index (χ0) is 11.8. The van der Waals surface area contributed by atoms with Crippen molar-refractivity contribution >= 4 is 16.8 Å². The summed E-state index contributed by atoms with van der Waals surface area (Å²) in [6.07, 6.45) is 1.27. The summed E-state index contributed by atoms with van der Waals surface area (Å²) in [4.78, 5) is 6.86. The Bertz CT molecular complexity index is 534. The van der Waals surface area contributed by atoms with Gasteiger partial charge in [0.15, 0.2) is 5.58 Å². The van der Waals surface area contributed by atoms with Crippen LogP contribution in [0.25, 0.3) is 11.1 Å². The predicted octanol–water partition coefficient (Wildman–Crippen LogP) is 2.25. The molecule has 0 saturated carbocycles. The number of nitrogens with zero attached hydrogens (tertiary/aromatic N) is 2. The highest BCUT2D eigenvalue weighted by Gasteiger charge is 2.20. The average Bonchev–Trinajstić information content (AvgIpc) is 2.84. The number of anilines is 1. The molecule has 1 unspecified atom stereocenters. The number of hydrogen-bond acceptors (Lipinski definition) is 4. The Morgan fingerprint density at radius 2 is 2.41 bits per heavy atom. The van der Waals surface area contributed by atoms with Crippen LogP contribution in [0.15, 0.2) is 22.6 Å². The maximum Gasteiger partial charge on any atom is 0.209 e. The minimum atomic E-state index is 0.729. The van der Waals surface area contributed by atoms with Crippen LogP contribution in [0.3, 0.4) is 0 Å². The molecular weight excluding hydrogens is 214 g/mol. The highest BCUT2D eigenvalue weighted by atomic mass is 16.3. The minimum Gasteiger partial charge on any atom is -0.439 e. The van der Waals surface area contributed by atoms with Crippen LogP contribution in [0.5, 0.6) is 0 Å². The van der Waals surface area contributed by atoms with Gasteiger partial charge < -0.3 is 10.2 Å². The van der Waals surface area contributed by atoms with Crippen molar-refractivity contribution in [1.82, 2.24) is 9.88 Å². The van der Waals surface area contributed by atoms with Gasteiger partial charge in [-0.2, -0.15) is 0 Å². The largest absolute Gasteiger partial charge is 0.439 e. The molecule has 3 rings (SSSR count). The minimum absolute atomic E-state index is 0.729. The van der Waals surface area contributed by atoms with Crippen molar-refractivity contribution in [3.8, 4) is 0 Å². The van der Waals surface area contributed by atoms with E-state index in [1.54, 1.807) is 0 Å². The van der Waals surface area contributed by atoms with Gasteiger partial charge in [0.1, 0.15) is 5.52 Å². The summed E-state index contributed by atoms with van der Waals surface area (Å²) >= 11 is 0. The van der Waals surface area contributed by atoms with E-state index in [9.17, 15) is 0 Å². The first-order chi connectivity index (χ1) is 8.20. The van der Waals surface area contributed by atoms with Crippen molar-refractivity contribution in [1.29, 1.82) is 0 Å². The fraction of sp³-hybridized carbons (Fsp3) is 0.462. The summed E-state index contributed by atoms with van der Waals surface area (Å²) < 4.78 is 5.71. The molecule has 0 spiro atoms. The molecule has 1 saturated heterocycles. The number of rotatable bonds is 2. The molecule has 2 heterocycles. The van der Waals surface area contributed by atoms with Gasteiger partial charge in [0.05, 0.1) is 6.54 Å². The summed E-state index contributed by atoms with van der Waals surface area (Å²) in [6.45, 7) is 5.37. The Labute approximate surface area is 100 Å². The van der Waals surface area contributed by atoms with Crippen molar-refractivity contribution in [2.75, 3.05) is 18.8 Å². The molecule has 0 radical (unpaired) electrons. The second kappa shape index (κ2) is 4.04. The van der Waals surface area contributed by atoms with Crippen LogP contribution in [0, 0.1) is 5.92 Å². The summed E-state index contributed by atoms with van der Waals surface area (Å²) in [5.41, 5.74) is 8.13. The molecule has 2 N–H and O–H groups in total. The van der Waals surface area contributed by atoms with Crippen LogP contribution in [0.1, 0.15) is 19.2 Å². The molecule has 2 aromatic rings. The van der Waals surface area contributed by atoms with Gasteiger partial charge in [-0.15, -0.1) is 0 Å². The SMILES string of the molecule is CC1CCN(Cc2nc3cc(N)ccc3o2)C1. The molecule has 17 heavy (non-hydrogen) atoms. The lowest BCUT2D eigenvalue weighted by Gasteiger charge is -2.11. The summed E-state index contributed by atoms with van der Waals surface area (Å²) in [6, 6.07) is 5.58. The number of fused-ring (bicyclic) bond motifs is 1. The molecule has 90 valence electrons. The van der Waals surface area contributed by atoms with E-state index in [4.69, 9.17) is 10.2 Å². The van der Waals surface area contributed by atoms with Crippen LogP contribution >= 0.6 is 0 Å². The summed E-state index contributed by atoms with van der Waals surface area (Å²) in [5, 5.41) is 0. The molecule has 1 aromatic heterocycles. The van der Waals surface area contributed by atoms with Gasteiger partial charge >= 0.3 is 0 Å². The van der Waals surface area contributed by atoms with E-state index >= 15 is 0 Å². The second-order valence-corrected chi connectivity index (χ2v) is 4.96. The van der Waals surface area contributed by atoms with Gasteiger partial charge in [-0.3, -0.25) is 4.90 Å². The molecular formula is C13H17N3O. The standard InChI is InChI=1S/C13H17N3O/c1-9-4-5-16(7-9)8-13-15-11-6-10(14)2-3-12(11)17-13/h2-3,6,9H,4-5,7-8,14H2,1H3. The highest BCUT2D eigenvalue weighted by Crippen LogP contribution is 2.21. The van der Waals surface area contributed by atoms with E-state index in [2.05, 4.69) is 16.8 Å². The molecule has 1 fully saturated rings. The average molecular weight is 231 g/mol.